The quantitative estimate of drug-likeness (QED) is 0.512. The van der Waals surface area contributed by atoms with Crippen LogP contribution < -0.4 is 10.1 Å². The normalized spacial score (nSPS) is 15.3. The summed E-state index contributed by atoms with van der Waals surface area (Å²) in [4.78, 5) is 25.3. The minimum absolute atomic E-state index is 0.0388. The van der Waals surface area contributed by atoms with E-state index in [4.69, 9.17) is 4.74 Å². The van der Waals surface area contributed by atoms with Gasteiger partial charge in [-0.3, -0.25) is 9.78 Å². The predicted octanol–water partition coefficient (Wildman–Crippen LogP) is 3.89. The van der Waals surface area contributed by atoms with E-state index in [2.05, 4.69) is 32.4 Å². The molecule has 0 saturated carbocycles. The Hall–Kier alpha value is -2.93. The van der Waals surface area contributed by atoms with E-state index < -0.39 is 0 Å². The number of carbonyl (C=O) groups is 1. The lowest BCUT2D eigenvalue weighted by atomic mass is 9.95. The van der Waals surface area contributed by atoms with Crippen LogP contribution in [-0.2, 0) is 4.79 Å². The summed E-state index contributed by atoms with van der Waals surface area (Å²) >= 11 is 1.34. The lowest BCUT2D eigenvalue weighted by Gasteiger charge is -2.27. The summed E-state index contributed by atoms with van der Waals surface area (Å²) in [6.07, 6.45) is 4.26. The first-order valence-corrected chi connectivity index (χ1v) is 10.5. The Labute approximate surface area is 174 Å². The molecule has 1 unspecified atom stereocenters. The van der Waals surface area contributed by atoms with Gasteiger partial charge in [0.1, 0.15) is 5.75 Å². The maximum Gasteiger partial charge on any atom is 0.230 e. The number of ether oxygens (including phenoxy) is 1. The van der Waals surface area contributed by atoms with Gasteiger partial charge < -0.3 is 10.1 Å². The monoisotopic (exact) mass is 406 g/mol. The first-order chi connectivity index (χ1) is 14.1. The molecule has 4 rings (SSSR count). The molecule has 6 nitrogen and oxygen atoms in total. The molecule has 0 saturated heterocycles. The molecule has 1 atom stereocenters. The number of amides is 1. The third-order valence-electron chi connectivity index (χ3n) is 4.72. The van der Waals surface area contributed by atoms with E-state index in [1.807, 2.05) is 44.3 Å². The smallest absolute Gasteiger partial charge is 0.230 e. The van der Waals surface area contributed by atoms with Crippen molar-refractivity contribution in [2.75, 3.05) is 12.4 Å². The van der Waals surface area contributed by atoms with Crippen LogP contribution in [0, 0.1) is 13.8 Å². The topological polar surface area (TPSA) is 77.0 Å². The van der Waals surface area contributed by atoms with Gasteiger partial charge in [0.05, 0.1) is 18.4 Å². The molecule has 3 heterocycles. The Kier molecular flexibility index (Phi) is 5.76. The van der Waals surface area contributed by atoms with Crippen LogP contribution in [0.1, 0.15) is 29.4 Å². The minimum Gasteiger partial charge on any atom is -0.493 e. The van der Waals surface area contributed by atoms with Gasteiger partial charge in [-0.25, -0.2) is 9.97 Å². The Bertz CT molecular complexity index is 1040. The van der Waals surface area contributed by atoms with Crippen LogP contribution >= 0.6 is 11.8 Å². The molecule has 2 aromatic heterocycles. The first kappa shape index (κ1) is 19.4. The number of hydrogen-bond acceptors (Lipinski definition) is 6. The summed E-state index contributed by atoms with van der Waals surface area (Å²) in [6, 6.07) is 11.9. The Morgan fingerprint density at radius 2 is 1.93 bits per heavy atom. The third-order valence-corrected chi connectivity index (χ3v) is 5.58. The fraction of sp³-hybridized carbons (Fsp3) is 0.273. The summed E-state index contributed by atoms with van der Waals surface area (Å²) in [5.74, 6) is 1.06. The largest absolute Gasteiger partial charge is 0.493 e. The van der Waals surface area contributed by atoms with Crippen LogP contribution in [0.5, 0.6) is 5.75 Å². The highest BCUT2D eigenvalue weighted by atomic mass is 32.2. The average Bonchev–Trinajstić information content (AvgIpc) is 2.72. The van der Waals surface area contributed by atoms with Crippen LogP contribution in [0.15, 0.2) is 53.9 Å². The van der Waals surface area contributed by atoms with Gasteiger partial charge in [-0.1, -0.05) is 17.8 Å². The lowest BCUT2D eigenvalue weighted by molar-refractivity contribution is -0.119. The summed E-state index contributed by atoms with van der Waals surface area (Å²) < 4.78 is 5.80. The molecule has 1 aromatic carbocycles. The Morgan fingerprint density at radius 1 is 1.10 bits per heavy atom. The fourth-order valence-electron chi connectivity index (χ4n) is 3.31. The molecule has 0 radical (unpaired) electrons. The standard InChI is InChI=1S/C22H22N4O2S/c1-14-5-8-24-22(25-14)29-13-21(27)26-19-7-10-28-20-4-3-16(12-18(19)20)17-6-9-23-15(2)11-17/h3-6,8-9,11-12,19H,7,10,13H2,1-2H3,(H,26,27). The molecule has 0 aliphatic carbocycles. The second-order valence-corrected chi connectivity index (χ2v) is 7.91. The maximum absolute atomic E-state index is 12.5. The molecule has 0 fully saturated rings. The van der Waals surface area contributed by atoms with Gasteiger partial charge in [0.2, 0.25) is 5.91 Å². The van der Waals surface area contributed by atoms with Crippen molar-refractivity contribution in [3.8, 4) is 16.9 Å². The molecule has 1 aliphatic rings. The van der Waals surface area contributed by atoms with Crippen molar-refractivity contribution in [1.82, 2.24) is 20.3 Å². The molecule has 0 spiro atoms. The van der Waals surface area contributed by atoms with Gasteiger partial charge in [-0.2, -0.15) is 0 Å². The molecule has 148 valence electrons. The molecule has 7 heteroatoms. The number of hydrogen-bond donors (Lipinski definition) is 1. The number of nitrogens with one attached hydrogen (secondary N) is 1. The number of nitrogens with zero attached hydrogens (tertiary/aromatic N) is 3. The van der Waals surface area contributed by atoms with E-state index in [1.54, 1.807) is 6.20 Å². The highest BCUT2D eigenvalue weighted by molar-refractivity contribution is 7.99. The minimum atomic E-state index is -0.0758. The highest BCUT2D eigenvalue weighted by Gasteiger charge is 2.24. The lowest BCUT2D eigenvalue weighted by Crippen LogP contribution is -2.33. The zero-order chi connectivity index (χ0) is 20.2. The van der Waals surface area contributed by atoms with Crippen molar-refractivity contribution in [3.05, 3.63) is 65.7 Å². The summed E-state index contributed by atoms with van der Waals surface area (Å²) in [7, 11) is 0. The number of fused-ring (bicyclic) bond motifs is 1. The molecular formula is C22H22N4O2S. The zero-order valence-electron chi connectivity index (χ0n) is 16.4. The number of aromatic nitrogens is 3. The van der Waals surface area contributed by atoms with E-state index in [-0.39, 0.29) is 17.7 Å². The second kappa shape index (κ2) is 8.61. The van der Waals surface area contributed by atoms with Crippen LogP contribution in [0.25, 0.3) is 11.1 Å². The van der Waals surface area contributed by atoms with Gasteiger partial charge >= 0.3 is 0 Å². The van der Waals surface area contributed by atoms with Gasteiger partial charge in [0.15, 0.2) is 5.16 Å². The molecule has 0 bridgehead atoms. The molecular weight excluding hydrogens is 384 g/mol. The molecule has 1 amide bonds. The van der Waals surface area contributed by atoms with E-state index in [0.29, 0.717) is 11.8 Å². The van der Waals surface area contributed by atoms with Gasteiger partial charge in [-0.15, -0.1) is 0 Å². The van der Waals surface area contributed by atoms with E-state index in [1.165, 1.54) is 11.8 Å². The van der Waals surface area contributed by atoms with E-state index >= 15 is 0 Å². The van der Waals surface area contributed by atoms with Gasteiger partial charge in [0.25, 0.3) is 0 Å². The summed E-state index contributed by atoms with van der Waals surface area (Å²) in [6.45, 7) is 4.47. The number of benzene rings is 1. The number of rotatable bonds is 5. The number of thioether (sulfide) groups is 1. The molecule has 29 heavy (non-hydrogen) atoms. The number of pyridine rings is 1. The number of aryl methyl sites for hydroxylation is 2. The maximum atomic E-state index is 12.5. The van der Waals surface area contributed by atoms with Gasteiger partial charge in [0, 0.05) is 35.8 Å². The van der Waals surface area contributed by atoms with Crippen molar-refractivity contribution in [2.45, 2.75) is 31.5 Å². The van der Waals surface area contributed by atoms with Crippen molar-refractivity contribution < 1.29 is 9.53 Å². The van der Waals surface area contributed by atoms with Crippen molar-refractivity contribution in [2.24, 2.45) is 0 Å². The fourth-order valence-corrected chi connectivity index (χ4v) is 4.00. The van der Waals surface area contributed by atoms with Crippen LogP contribution in [-0.4, -0.2) is 33.2 Å². The third kappa shape index (κ3) is 4.74. The highest BCUT2D eigenvalue weighted by Crippen LogP contribution is 2.35. The van der Waals surface area contributed by atoms with Crippen LogP contribution in [0.2, 0.25) is 0 Å². The summed E-state index contributed by atoms with van der Waals surface area (Å²) in [5.41, 5.74) is 5.05. The Morgan fingerprint density at radius 3 is 2.76 bits per heavy atom. The van der Waals surface area contributed by atoms with E-state index in [9.17, 15) is 4.79 Å². The van der Waals surface area contributed by atoms with Crippen LogP contribution in [0.4, 0.5) is 0 Å². The molecule has 3 aromatic rings. The zero-order valence-corrected chi connectivity index (χ0v) is 17.2. The van der Waals surface area contributed by atoms with E-state index in [0.717, 1.165) is 40.2 Å². The van der Waals surface area contributed by atoms with Crippen molar-refractivity contribution in [1.29, 1.82) is 0 Å². The van der Waals surface area contributed by atoms with Crippen molar-refractivity contribution in [3.63, 3.8) is 0 Å². The second-order valence-electron chi connectivity index (χ2n) is 6.97. The predicted molar refractivity (Wildman–Crippen MR) is 113 cm³/mol. The number of carbonyl (C=O) groups excluding carboxylic acids is 1. The molecule has 1 aliphatic heterocycles. The van der Waals surface area contributed by atoms with Crippen LogP contribution in [0.3, 0.4) is 0 Å². The Balaban J connectivity index is 1.48. The first-order valence-electron chi connectivity index (χ1n) is 9.50. The average molecular weight is 407 g/mol. The van der Waals surface area contributed by atoms with Crippen molar-refractivity contribution >= 4 is 17.7 Å². The SMILES string of the molecule is Cc1cc(-c2ccc3c(c2)C(NC(=O)CSc2nccc(C)n2)CCO3)ccn1. The summed E-state index contributed by atoms with van der Waals surface area (Å²) in [5, 5.41) is 3.76. The molecule has 1 N–H and O–H groups in total. The van der Waals surface area contributed by atoms with Gasteiger partial charge in [-0.05, 0) is 55.3 Å².